The summed E-state index contributed by atoms with van der Waals surface area (Å²) in [5.41, 5.74) is 6.58. The Morgan fingerprint density at radius 3 is 3.00 bits per heavy atom. The van der Waals surface area contributed by atoms with E-state index in [1.54, 1.807) is 6.07 Å². The van der Waals surface area contributed by atoms with Gasteiger partial charge in [-0.05, 0) is 24.6 Å². The molecule has 0 saturated carbocycles. The van der Waals surface area contributed by atoms with E-state index in [2.05, 4.69) is 11.8 Å². The third-order valence-corrected chi connectivity index (χ3v) is 3.64. The Labute approximate surface area is 113 Å². The molecule has 1 aliphatic rings. The topological polar surface area (TPSA) is 47.7 Å². The van der Waals surface area contributed by atoms with Crippen molar-refractivity contribution in [2.45, 2.75) is 19.1 Å². The Kier molecular flexibility index (Phi) is 4.74. The highest BCUT2D eigenvalue weighted by Gasteiger charge is 2.24. The zero-order valence-corrected chi connectivity index (χ0v) is 11.4. The van der Waals surface area contributed by atoms with E-state index < -0.39 is 0 Å². The van der Waals surface area contributed by atoms with Crippen molar-refractivity contribution in [1.82, 2.24) is 4.90 Å². The number of morpholine rings is 1. The van der Waals surface area contributed by atoms with Gasteiger partial charge in [0, 0.05) is 25.7 Å². The number of nitrogens with zero attached hydrogens (tertiary/aromatic N) is 1. The van der Waals surface area contributed by atoms with Gasteiger partial charge in [0.25, 0.3) is 0 Å². The van der Waals surface area contributed by atoms with Crippen LogP contribution in [0.15, 0.2) is 18.2 Å². The maximum absolute atomic E-state index is 13.7. The minimum atomic E-state index is -0.324. The summed E-state index contributed by atoms with van der Waals surface area (Å²) in [6.45, 7) is 4.88. The van der Waals surface area contributed by atoms with Crippen molar-refractivity contribution in [2.75, 3.05) is 33.4 Å². The molecular weight excluding hydrogens is 247 g/mol. The number of ether oxygens (including phenoxy) is 2. The highest BCUT2D eigenvalue weighted by atomic mass is 19.1. The predicted molar refractivity (Wildman–Crippen MR) is 71.7 cm³/mol. The molecule has 0 amide bonds. The Morgan fingerprint density at radius 1 is 1.58 bits per heavy atom. The van der Waals surface area contributed by atoms with Crippen molar-refractivity contribution in [3.8, 4) is 5.75 Å². The molecule has 5 heteroatoms. The largest absolute Gasteiger partial charge is 0.494 e. The summed E-state index contributed by atoms with van der Waals surface area (Å²) in [4.78, 5) is 2.27. The Bertz CT molecular complexity index is 428. The molecule has 1 aromatic rings. The molecule has 1 aromatic carbocycles. The lowest BCUT2D eigenvalue weighted by Crippen LogP contribution is -2.46. The van der Waals surface area contributed by atoms with Crippen LogP contribution in [0.1, 0.15) is 18.5 Å². The summed E-state index contributed by atoms with van der Waals surface area (Å²) in [6, 6.07) is 5.25. The Hall–Kier alpha value is -1.17. The van der Waals surface area contributed by atoms with Gasteiger partial charge in [-0.3, -0.25) is 4.90 Å². The quantitative estimate of drug-likeness (QED) is 0.900. The van der Waals surface area contributed by atoms with Crippen molar-refractivity contribution in [3.05, 3.63) is 29.6 Å². The Morgan fingerprint density at radius 2 is 2.37 bits per heavy atom. The average Bonchev–Trinajstić information content (AvgIpc) is 2.46. The van der Waals surface area contributed by atoms with Gasteiger partial charge in [0.2, 0.25) is 0 Å². The maximum atomic E-state index is 13.7. The fourth-order valence-electron chi connectivity index (χ4n) is 2.39. The monoisotopic (exact) mass is 268 g/mol. The molecule has 1 saturated heterocycles. The van der Waals surface area contributed by atoms with Crippen LogP contribution in [0.2, 0.25) is 0 Å². The summed E-state index contributed by atoms with van der Waals surface area (Å²) in [5, 5.41) is 0. The molecule has 2 rings (SSSR count). The molecule has 0 aliphatic carbocycles. The van der Waals surface area contributed by atoms with E-state index in [1.165, 1.54) is 13.2 Å². The van der Waals surface area contributed by atoms with Crippen LogP contribution in [0.25, 0.3) is 0 Å². The van der Waals surface area contributed by atoms with Gasteiger partial charge in [0.1, 0.15) is 0 Å². The van der Waals surface area contributed by atoms with E-state index in [0.717, 1.165) is 18.7 Å². The number of hydrogen-bond donors (Lipinski definition) is 1. The molecule has 0 spiro atoms. The number of benzene rings is 1. The molecule has 0 bridgehead atoms. The SMILES string of the molecule is COc1ccc(C(C)N2CCOC(CN)C2)cc1F. The van der Waals surface area contributed by atoms with Crippen molar-refractivity contribution < 1.29 is 13.9 Å². The summed E-state index contributed by atoms with van der Waals surface area (Å²) in [7, 11) is 1.47. The van der Waals surface area contributed by atoms with Crippen molar-refractivity contribution in [2.24, 2.45) is 5.73 Å². The van der Waals surface area contributed by atoms with Crippen LogP contribution in [-0.4, -0.2) is 44.4 Å². The van der Waals surface area contributed by atoms with Crippen LogP contribution in [0.5, 0.6) is 5.75 Å². The van der Waals surface area contributed by atoms with Gasteiger partial charge in [-0.25, -0.2) is 4.39 Å². The van der Waals surface area contributed by atoms with Crippen LogP contribution in [0, 0.1) is 5.82 Å². The molecule has 1 aliphatic heterocycles. The molecule has 2 unspecified atom stereocenters. The molecule has 106 valence electrons. The van der Waals surface area contributed by atoms with E-state index in [0.29, 0.717) is 13.2 Å². The van der Waals surface area contributed by atoms with E-state index in [9.17, 15) is 4.39 Å². The molecule has 0 aromatic heterocycles. The van der Waals surface area contributed by atoms with Crippen LogP contribution in [0.4, 0.5) is 4.39 Å². The van der Waals surface area contributed by atoms with Crippen LogP contribution in [-0.2, 0) is 4.74 Å². The second-order valence-corrected chi connectivity index (χ2v) is 4.79. The first-order valence-electron chi connectivity index (χ1n) is 6.55. The van der Waals surface area contributed by atoms with Gasteiger partial charge < -0.3 is 15.2 Å². The summed E-state index contributed by atoms with van der Waals surface area (Å²) in [6.07, 6.45) is 0.0688. The first kappa shape index (κ1) is 14.2. The molecule has 0 radical (unpaired) electrons. The standard InChI is InChI=1S/C14H21FN2O2/c1-10(17-5-6-19-12(8-16)9-17)11-3-4-14(18-2)13(15)7-11/h3-4,7,10,12H,5-6,8-9,16H2,1-2H3. The first-order chi connectivity index (χ1) is 9.15. The van der Waals surface area contributed by atoms with Crippen molar-refractivity contribution in [3.63, 3.8) is 0 Å². The highest BCUT2D eigenvalue weighted by Crippen LogP contribution is 2.26. The van der Waals surface area contributed by atoms with Gasteiger partial charge in [-0.15, -0.1) is 0 Å². The van der Waals surface area contributed by atoms with Crippen LogP contribution < -0.4 is 10.5 Å². The van der Waals surface area contributed by atoms with Gasteiger partial charge >= 0.3 is 0 Å². The second-order valence-electron chi connectivity index (χ2n) is 4.79. The predicted octanol–water partition coefficient (Wildman–Crippen LogP) is 1.55. The van der Waals surface area contributed by atoms with Crippen LogP contribution >= 0.6 is 0 Å². The van der Waals surface area contributed by atoms with E-state index in [4.69, 9.17) is 15.2 Å². The van der Waals surface area contributed by atoms with E-state index in [1.807, 2.05) is 6.07 Å². The number of nitrogens with two attached hydrogens (primary N) is 1. The first-order valence-corrected chi connectivity index (χ1v) is 6.55. The number of halogens is 1. The van der Waals surface area contributed by atoms with Gasteiger partial charge in [-0.1, -0.05) is 6.07 Å². The second kappa shape index (κ2) is 6.32. The number of methoxy groups -OCH3 is 1. The lowest BCUT2D eigenvalue weighted by atomic mass is 10.1. The average molecular weight is 268 g/mol. The summed E-state index contributed by atoms with van der Waals surface area (Å²) >= 11 is 0. The van der Waals surface area contributed by atoms with E-state index in [-0.39, 0.29) is 23.7 Å². The molecule has 4 nitrogen and oxygen atoms in total. The van der Waals surface area contributed by atoms with Crippen molar-refractivity contribution >= 4 is 0 Å². The molecule has 1 heterocycles. The molecule has 2 N–H and O–H groups in total. The maximum Gasteiger partial charge on any atom is 0.165 e. The number of rotatable bonds is 4. The summed E-state index contributed by atoms with van der Waals surface area (Å²) < 4.78 is 24.2. The molecule has 2 atom stereocenters. The van der Waals surface area contributed by atoms with Gasteiger partial charge in [0.15, 0.2) is 11.6 Å². The van der Waals surface area contributed by atoms with Gasteiger partial charge in [-0.2, -0.15) is 0 Å². The van der Waals surface area contributed by atoms with Gasteiger partial charge in [0.05, 0.1) is 19.8 Å². The molecule has 19 heavy (non-hydrogen) atoms. The minimum absolute atomic E-state index is 0.0688. The van der Waals surface area contributed by atoms with Crippen LogP contribution in [0.3, 0.4) is 0 Å². The third kappa shape index (κ3) is 3.23. The fraction of sp³-hybridized carbons (Fsp3) is 0.571. The molecular formula is C14H21FN2O2. The van der Waals surface area contributed by atoms with E-state index >= 15 is 0 Å². The minimum Gasteiger partial charge on any atom is -0.494 e. The lowest BCUT2D eigenvalue weighted by Gasteiger charge is -2.36. The number of hydrogen-bond acceptors (Lipinski definition) is 4. The highest BCUT2D eigenvalue weighted by molar-refractivity contribution is 5.30. The Balaban J connectivity index is 2.10. The zero-order valence-electron chi connectivity index (χ0n) is 11.4. The third-order valence-electron chi connectivity index (χ3n) is 3.64. The fourth-order valence-corrected chi connectivity index (χ4v) is 2.39. The summed E-state index contributed by atoms with van der Waals surface area (Å²) in [5.74, 6) is -0.0479. The normalized spacial score (nSPS) is 22.2. The zero-order chi connectivity index (χ0) is 13.8. The lowest BCUT2D eigenvalue weighted by molar-refractivity contribution is -0.0364. The smallest absolute Gasteiger partial charge is 0.165 e. The molecule has 1 fully saturated rings. The van der Waals surface area contributed by atoms with Crippen molar-refractivity contribution in [1.29, 1.82) is 0 Å².